The van der Waals surface area contributed by atoms with Gasteiger partial charge < -0.3 is 4.57 Å². The molecule has 0 aliphatic heterocycles. The minimum atomic E-state index is 0.423. The molecule has 3 aromatic heterocycles. The number of aromatic amines is 1. The Balaban J connectivity index is 1.51. The number of imidazole rings is 1. The maximum atomic E-state index is 4.59. The molecule has 0 spiro atoms. The van der Waals surface area contributed by atoms with E-state index < -0.39 is 0 Å². The van der Waals surface area contributed by atoms with E-state index in [0.717, 1.165) is 24.5 Å². The number of fused-ring (bicyclic) bond motifs is 3. The molecule has 1 aliphatic carbocycles. The van der Waals surface area contributed by atoms with Gasteiger partial charge in [0.15, 0.2) is 0 Å². The van der Waals surface area contributed by atoms with Crippen molar-refractivity contribution < 1.29 is 0 Å². The van der Waals surface area contributed by atoms with E-state index in [2.05, 4.69) is 74.8 Å². The third kappa shape index (κ3) is 2.42. The summed E-state index contributed by atoms with van der Waals surface area (Å²) in [6, 6.07) is 8.96. The van der Waals surface area contributed by atoms with Crippen molar-refractivity contribution in [1.82, 2.24) is 19.7 Å². The predicted octanol–water partition coefficient (Wildman–Crippen LogP) is 5.08. The van der Waals surface area contributed by atoms with Crippen LogP contribution < -0.4 is 0 Å². The summed E-state index contributed by atoms with van der Waals surface area (Å²) in [6.45, 7) is 5.22. The fourth-order valence-electron chi connectivity index (χ4n) is 3.85. The van der Waals surface area contributed by atoms with Gasteiger partial charge in [0.25, 0.3) is 0 Å². The number of nitrogens with zero attached hydrogens (tertiary/aromatic N) is 3. The molecule has 0 bridgehead atoms. The average molecular weight is 360 g/mol. The molecule has 0 amide bonds. The van der Waals surface area contributed by atoms with Gasteiger partial charge in [-0.1, -0.05) is 26.0 Å². The number of benzene rings is 1. The van der Waals surface area contributed by atoms with Crippen molar-refractivity contribution in [2.24, 2.45) is 0 Å². The zero-order valence-corrected chi connectivity index (χ0v) is 15.7. The normalized spacial score (nSPS) is 12.6. The Hall–Kier alpha value is -2.66. The van der Waals surface area contributed by atoms with E-state index in [1.165, 1.54) is 33.5 Å². The second kappa shape index (κ2) is 5.95. The topological polar surface area (TPSA) is 46.5 Å². The molecule has 130 valence electrons. The molecular formula is C21H20N4S. The zero-order chi connectivity index (χ0) is 17.7. The summed E-state index contributed by atoms with van der Waals surface area (Å²) in [6.07, 6.45) is 4.91. The van der Waals surface area contributed by atoms with Gasteiger partial charge in [0.1, 0.15) is 5.82 Å². The van der Waals surface area contributed by atoms with Gasteiger partial charge in [0, 0.05) is 53.3 Å². The SMILES string of the molecule is CC(C)c1nccn1Cc1ccc2c(c1)-c1[nH]nc(-c3ccsc3)c1C2. The van der Waals surface area contributed by atoms with Crippen molar-refractivity contribution in [3.63, 3.8) is 0 Å². The molecule has 5 heteroatoms. The van der Waals surface area contributed by atoms with Gasteiger partial charge in [-0.2, -0.15) is 16.4 Å². The van der Waals surface area contributed by atoms with Crippen LogP contribution in [0.3, 0.4) is 0 Å². The van der Waals surface area contributed by atoms with E-state index >= 15 is 0 Å². The molecule has 1 aromatic carbocycles. The largest absolute Gasteiger partial charge is 0.330 e. The van der Waals surface area contributed by atoms with E-state index in [9.17, 15) is 0 Å². The molecule has 1 aliphatic rings. The maximum Gasteiger partial charge on any atom is 0.111 e. The lowest BCUT2D eigenvalue weighted by Gasteiger charge is -2.11. The van der Waals surface area contributed by atoms with Crippen LogP contribution in [-0.4, -0.2) is 19.7 Å². The highest BCUT2D eigenvalue weighted by Crippen LogP contribution is 2.40. The van der Waals surface area contributed by atoms with Gasteiger partial charge in [0.2, 0.25) is 0 Å². The van der Waals surface area contributed by atoms with E-state index in [0.29, 0.717) is 5.92 Å². The number of rotatable bonds is 4. The molecule has 4 nitrogen and oxygen atoms in total. The summed E-state index contributed by atoms with van der Waals surface area (Å²) in [4.78, 5) is 4.50. The number of thiophene rings is 1. The van der Waals surface area contributed by atoms with Gasteiger partial charge >= 0.3 is 0 Å². The highest BCUT2D eigenvalue weighted by atomic mass is 32.1. The lowest BCUT2D eigenvalue weighted by Crippen LogP contribution is -2.06. The fraction of sp³-hybridized carbons (Fsp3) is 0.238. The molecule has 1 N–H and O–H groups in total. The number of aromatic nitrogens is 4. The number of hydrogen-bond acceptors (Lipinski definition) is 3. The Kier molecular flexibility index (Phi) is 3.57. The standard InChI is InChI=1S/C21H20N4S/c1-13(2)21-22-6-7-25(21)11-14-3-4-15-10-18-19(16-5-8-26-12-16)23-24-20(18)17(15)9-14/h3-9,12-13H,10-11H2,1-2H3,(H,23,24). The number of nitrogens with one attached hydrogen (secondary N) is 1. The van der Waals surface area contributed by atoms with Crippen LogP contribution in [0, 0.1) is 0 Å². The Morgan fingerprint density at radius 2 is 2.19 bits per heavy atom. The highest BCUT2D eigenvalue weighted by molar-refractivity contribution is 7.08. The van der Waals surface area contributed by atoms with Crippen LogP contribution >= 0.6 is 11.3 Å². The minimum Gasteiger partial charge on any atom is -0.330 e. The Morgan fingerprint density at radius 1 is 1.27 bits per heavy atom. The molecule has 3 heterocycles. The van der Waals surface area contributed by atoms with Crippen molar-refractivity contribution in [3.05, 3.63) is 69.9 Å². The highest BCUT2D eigenvalue weighted by Gasteiger charge is 2.25. The van der Waals surface area contributed by atoms with Gasteiger partial charge in [-0.15, -0.1) is 0 Å². The van der Waals surface area contributed by atoms with Crippen molar-refractivity contribution in [1.29, 1.82) is 0 Å². The summed E-state index contributed by atoms with van der Waals surface area (Å²) in [5.41, 5.74) is 8.76. The van der Waals surface area contributed by atoms with E-state index in [1.807, 2.05) is 6.20 Å². The van der Waals surface area contributed by atoms with Crippen LogP contribution in [0.25, 0.3) is 22.5 Å². The molecule has 0 unspecified atom stereocenters. The van der Waals surface area contributed by atoms with Gasteiger partial charge in [-0.3, -0.25) is 5.10 Å². The van der Waals surface area contributed by atoms with Crippen molar-refractivity contribution >= 4 is 11.3 Å². The quantitative estimate of drug-likeness (QED) is 0.486. The molecule has 0 saturated heterocycles. The van der Waals surface area contributed by atoms with Crippen LogP contribution in [-0.2, 0) is 13.0 Å². The first-order valence-corrected chi connectivity index (χ1v) is 9.88. The van der Waals surface area contributed by atoms with Gasteiger partial charge in [-0.05, 0) is 28.6 Å². The van der Waals surface area contributed by atoms with Crippen LogP contribution in [0.1, 0.15) is 42.3 Å². The first kappa shape index (κ1) is 15.6. The predicted molar refractivity (Wildman–Crippen MR) is 106 cm³/mol. The van der Waals surface area contributed by atoms with E-state index in [1.54, 1.807) is 11.3 Å². The van der Waals surface area contributed by atoms with E-state index in [-0.39, 0.29) is 0 Å². The number of H-pyrrole nitrogens is 1. The average Bonchev–Trinajstić information content (AvgIpc) is 3.39. The third-order valence-corrected chi connectivity index (χ3v) is 5.77. The second-order valence-electron chi connectivity index (χ2n) is 7.17. The lowest BCUT2D eigenvalue weighted by molar-refractivity contribution is 0.669. The molecule has 4 aromatic rings. The van der Waals surface area contributed by atoms with Crippen molar-refractivity contribution in [3.8, 4) is 22.5 Å². The van der Waals surface area contributed by atoms with Gasteiger partial charge in [-0.25, -0.2) is 4.98 Å². The molecule has 26 heavy (non-hydrogen) atoms. The Labute approximate surface area is 156 Å². The Bertz CT molecular complexity index is 1070. The fourth-order valence-corrected chi connectivity index (χ4v) is 4.49. The summed E-state index contributed by atoms with van der Waals surface area (Å²) in [5, 5.41) is 12.1. The van der Waals surface area contributed by atoms with Crippen LogP contribution in [0.15, 0.2) is 47.4 Å². The Morgan fingerprint density at radius 3 is 3.00 bits per heavy atom. The lowest BCUT2D eigenvalue weighted by atomic mass is 10.1. The number of hydrogen-bond donors (Lipinski definition) is 1. The second-order valence-corrected chi connectivity index (χ2v) is 7.95. The minimum absolute atomic E-state index is 0.423. The van der Waals surface area contributed by atoms with E-state index in [4.69, 9.17) is 0 Å². The first-order chi connectivity index (χ1) is 12.7. The van der Waals surface area contributed by atoms with Crippen LogP contribution in [0.2, 0.25) is 0 Å². The summed E-state index contributed by atoms with van der Waals surface area (Å²) < 4.78 is 2.24. The third-order valence-electron chi connectivity index (χ3n) is 5.09. The molecule has 0 atom stereocenters. The molecule has 0 saturated carbocycles. The smallest absolute Gasteiger partial charge is 0.111 e. The van der Waals surface area contributed by atoms with Crippen molar-refractivity contribution in [2.75, 3.05) is 0 Å². The molecule has 5 rings (SSSR count). The van der Waals surface area contributed by atoms with Crippen LogP contribution in [0.5, 0.6) is 0 Å². The molecular weight excluding hydrogens is 340 g/mol. The first-order valence-electron chi connectivity index (χ1n) is 8.93. The van der Waals surface area contributed by atoms with Gasteiger partial charge in [0.05, 0.1) is 11.4 Å². The monoisotopic (exact) mass is 360 g/mol. The summed E-state index contributed by atoms with van der Waals surface area (Å²) in [7, 11) is 0. The molecule has 0 fully saturated rings. The maximum absolute atomic E-state index is 4.59. The van der Waals surface area contributed by atoms with Crippen LogP contribution in [0.4, 0.5) is 0 Å². The molecule has 0 radical (unpaired) electrons. The zero-order valence-electron chi connectivity index (χ0n) is 14.9. The van der Waals surface area contributed by atoms with Crippen molar-refractivity contribution in [2.45, 2.75) is 32.7 Å². The summed E-state index contributed by atoms with van der Waals surface area (Å²) >= 11 is 1.71. The summed E-state index contributed by atoms with van der Waals surface area (Å²) in [5.74, 6) is 1.55.